The molecular weight excluding hydrogens is 426 g/mol. The molecule has 0 saturated heterocycles. The van der Waals surface area contributed by atoms with E-state index in [-0.39, 0.29) is 35.2 Å². The van der Waals surface area contributed by atoms with Gasteiger partial charge >= 0.3 is 5.97 Å². The second-order valence-corrected chi connectivity index (χ2v) is 7.84. The average Bonchev–Trinajstić information content (AvgIpc) is 3.01. The highest BCUT2D eigenvalue weighted by atomic mass is 16.5. The van der Waals surface area contributed by atoms with E-state index < -0.39 is 29.0 Å². The van der Waals surface area contributed by atoms with Gasteiger partial charge < -0.3 is 24.6 Å². The van der Waals surface area contributed by atoms with E-state index in [1.807, 2.05) is 12.1 Å². The predicted octanol–water partition coefficient (Wildman–Crippen LogP) is 3.57. The molecule has 1 unspecified atom stereocenters. The quantitative estimate of drug-likeness (QED) is 0.533. The summed E-state index contributed by atoms with van der Waals surface area (Å²) in [4.78, 5) is 38.7. The van der Waals surface area contributed by atoms with Gasteiger partial charge in [-0.05, 0) is 30.7 Å². The lowest BCUT2D eigenvalue weighted by molar-refractivity contribution is -0.135. The molecule has 2 aliphatic carbocycles. The fourth-order valence-corrected chi connectivity index (χ4v) is 4.35. The molecule has 0 bridgehead atoms. The molecule has 0 fully saturated rings. The summed E-state index contributed by atoms with van der Waals surface area (Å²) in [6, 6.07) is 6.83. The summed E-state index contributed by atoms with van der Waals surface area (Å²) < 4.78 is 10.8. The largest absolute Gasteiger partial charge is 0.505 e. The van der Waals surface area contributed by atoms with Crippen molar-refractivity contribution < 1.29 is 34.1 Å². The number of phenolic OH excluding ortho intramolecular Hbond substituents is 2. The molecule has 2 N–H and O–H groups in total. The number of carbonyl (C=O) groups excluding carboxylic acids is 3. The van der Waals surface area contributed by atoms with E-state index in [4.69, 9.17) is 9.47 Å². The molecule has 5 rings (SSSR count). The molecule has 0 aromatic heterocycles. The van der Waals surface area contributed by atoms with E-state index in [0.29, 0.717) is 17.7 Å². The molecule has 1 aliphatic heterocycles. The van der Waals surface area contributed by atoms with Gasteiger partial charge in [0, 0.05) is 12.1 Å². The van der Waals surface area contributed by atoms with Gasteiger partial charge in [0.25, 0.3) is 0 Å². The standard InChI is InChI=1S/C25H19NO7/c1-32-25(31)13-6-8-15(9-7-13)26-12-14-4-2-3-5-18(14)33-24-21(26)22(29)19-16(27)10-11-17(28)20(19)23(24)30/h2-8,10-11,15,29-30H,9,12H2,1H3. The zero-order valence-electron chi connectivity index (χ0n) is 17.6. The highest BCUT2D eigenvalue weighted by molar-refractivity contribution is 6.25. The van der Waals surface area contributed by atoms with Crippen LogP contribution in [0, 0.1) is 0 Å². The number of esters is 1. The number of anilines is 1. The van der Waals surface area contributed by atoms with Crippen LogP contribution in [0.1, 0.15) is 32.7 Å². The summed E-state index contributed by atoms with van der Waals surface area (Å²) in [5.74, 6) is -2.25. The summed E-state index contributed by atoms with van der Waals surface area (Å²) >= 11 is 0. The Morgan fingerprint density at radius 1 is 1.06 bits per heavy atom. The first-order valence-electron chi connectivity index (χ1n) is 10.3. The van der Waals surface area contributed by atoms with Crippen LogP contribution >= 0.6 is 0 Å². The molecule has 3 aliphatic rings. The molecule has 166 valence electrons. The van der Waals surface area contributed by atoms with E-state index in [9.17, 15) is 24.6 Å². The van der Waals surface area contributed by atoms with Crippen LogP contribution in [0.4, 0.5) is 5.69 Å². The van der Waals surface area contributed by atoms with Gasteiger partial charge in [-0.3, -0.25) is 9.59 Å². The molecule has 8 nitrogen and oxygen atoms in total. The number of ether oxygens (including phenoxy) is 2. The number of rotatable bonds is 2. The van der Waals surface area contributed by atoms with Crippen LogP contribution in [-0.2, 0) is 16.1 Å². The summed E-state index contributed by atoms with van der Waals surface area (Å²) in [6.45, 7) is 0.281. The maximum atomic E-state index is 12.6. The van der Waals surface area contributed by atoms with Gasteiger partial charge in [0.1, 0.15) is 11.4 Å². The molecule has 1 atom stereocenters. The van der Waals surface area contributed by atoms with Crippen molar-refractivity contribution in [2.75, 3.05) is 12.0 Å². The smallest absolute Gasteiger partial charge is 0.337 e. The Balaban J connectivity index is 1.70. The van der Waals surface area contributed by atoms with Gasteiger partial charge in [-0.2, -0.15) is 0 Å². The van der Waals surface area contributed by atoms with Gasteiger partial charge in [0.05, 0.1) is 29.9 Å². The summed E-state index contributed by atoms with van der Waals surface area (Å²) in [7, 11) is 1.30. The number of aromatic hydroxyl groups is 2. The number of hydrogen-bond acceptors (Lipinski definition) is 8. The third kappa shape index (κ3) is 3.18. The number of benzene rings is 2. The van der Waals surface area contributed by atoms with Crippen LogP contribution < -0.4 is 9.64 Å². The number of allylic oxidation sites excluding steroid dienone is 2. The lowest BCUT2D eigenvalue weighted by Crippen LogP contribution is -2.34. The minimum absolute atomic E-state index is 0.100. The molecule has 0 saturated carbocycles. The van der Waals surface area contributed by atoms with Gasteiger partial charge in [-0.15, -0.1) is 0 Å². The Morgan fingerprint density at radius 2 is 1.76 bits per heavy atom. The number of methoxy groups -OCH3 is 1. The monoisotopic (exact) mass is 445 g/mol. The Labute approximate surface area is 188 Å². The van der Waals surface area contributed by atoms with Crippen LogP contribution in [0.3, 0.4) is 0 Å². The number of ketones is 2. The first kappa shape index (κ1) is 20.6. The van der Waals surface area contributed by atoms with Crippen molar-refractivity contribution in [3.63, 3.8) is 0 Å². The minimum Gasteiger partial charge on any atom is -0.505 e. The average molecular weight is 445 g/mol. The fourth-order valence-electron chi connectivity index (χ4n) is 4.35. The summed E-state index contributed by atoms with van der Waals surface area (Å²) in [5.41, 5.74) is 0.735. The normalized spacial score (nSPS) is 18.5. The number of carbonyl (C=O) groups is 3. The van der Waals surface area contributed by atoms with Gasteiger partial charge in [-0.1, -0.05) is 30.4 Å². The van der Waals surface area contributed by atoms with Crippen LogP contribution in [0.25, 0.3) is 0 Å². The van der Waals surface area contributed by atoms with Crippen LogP contribution in [0.15, 0.2) is 60.2 Å². The SMILES string of the molecule is COC(=O)C1=CCC(N2Cc3ccccc3Oc3c(O)c4c(c(O)c32)C(=O)C=CC4=O)C=C1. The second-order valence-electron chi connectivity index (χ2n) is 7.84. The molecule has 33 heavy (non-hydrogen) atoms. The van der Waals surface area contributed by atoms with E-state index in [2.05, 4.69) is 0 Å². The van der Waals surface area contributed by atoms with E-state index in [1.54, 1.807) is 35.3 Å². The molecule has 1 heterocycles. The Morgan fingerprint density at radius 3 is 2.42 bits per heavy atom. The molecule has 0 spiro atoms. The fraction of sp³-hybridized carbons (Fsp3) is 0.160. The molecule has 8 heteroatoms. The predicted molar refractivity (Wildman–Crippen MR) is 118 cm³/mol. The van der Waals surface area contributed by atoms with E-state index in [1.165, 1.54) is 7.11 Å². The van der Waals surface area contributed by atoms with Crippen LogP contribution in [0.2, 0.25) is 0 Å². The second kappa shape index (κ2) is 7.67. The maximum Gasteiger partial charge on any atom is 0.337 e. The van der Waals surface area contributed by atoms with Gasteiger partial charge in [0.2, 0.25) is 0 Å². The number of phenols is 2. The van der Waals surface area contributed by atoms with Crippen molar-refractivity contribution in [3.8, 4) is 23.0 Å². The van der Waals surface area contributed by atoms with Gasteiger partial charge in [-0.25, -0.2) is 4.79 Å². The Hall–Kier alpha value is -4.33. The highest BCUT2D eigenvalue weighted by Crippen LogP contribution is 2.54. The lowest BCUT2D eigenvalue weighted by Gasteiger charge is -2.33. The molecule has 2 aromatic rings. The summed E-state index contributed by atoms with van der Waals surface area (Å²) in [5, 5.41) is 22.3. The van der Waals surface area contributed by atoms with Crippen molar-refractivity contribution in [1.82, 2.24) is 0 Å². The van der Waals surface area contributed by atoms with Crippen molar-refractivity contribution >= 4 is 23.2 Å². The third-order valence-electron chi connectivity index (χ3n) is 5.97. The van der Waals surface area contributed by atoms with E-state index >= 15 is 0 Å². The zero-order valence-corrected chi connectivity index (χ0v) is 17.6. The number of fused-ring (bicyclic) bond motifs is 3. The molecule has 0 amide bonds. The molecule has 2 aromatic carbocycles. The van der Waals surface area contributed by atoms with E-state index in [0.717, 1.165) is 17.7 Å². The van der Waals surface area contributed by atoms with Crippen molar-refractivity contribution in [1.29, 1.82) is 0 Å². The highest BCUT2D eigenvalue weighted by Gasteiger charge is 2.38. The lowest BCUT2D eigenvalue weighted by atomic mass is 9.90. The third-order valence-corrected chi connectivity index (χ3v) is 5.97. The summed E-state index contributed by atoms with van der Waals surface area (Å²) in [6.07, 6.45) is 7.66. The first-order valence-corrected chi connectivity index (χ1v) is 10.3. The topological polar surface area (TPSA) is 113 Å². The number of hydrogen-bond donors (Lipinski definition) is 2. The number of para-hydroxylation sites is 1. The van der Waals surface area contributed by atoms with Crippen molar-refractivity contribution in [3.05, 3.63) is 76.9 Å². The zero-order chi connectivity index (χ0) is 23.3. The Bertz CT molecular complexity index is 1320. The minimum atomic E-state index is -0.601. The van der Waals surface area contributed by atoms with Crippen LogP contribution in [-0.4, -0.2) is 40.9 Å². The van der Waals surface area contributed by atoms with Crippen molar-refractivity contribution in [2.45, 2.75) is 19.0 Å². The Kier molecular flexibility index (Phi) is 4.78. The first-order chi connectivity index (χ1) is 15.9. The van der Waals surface area contributed by atoms with Crippen molar-refractivity contribution in [2.24, 2.45) is 0 Å². The van der Waals surface area contributed by atoms with Gasteiger partial charge in [0.15, 0.2) is 28.8 Å². The molecule has 0 radical (unpaired) electrons. The number of nitrogens with zero attached hydrogens (tertiary/aromatic N) is 1. The molecular formula is C25H19NO7. The van der Waals surface area contributed by atoms with Crippen LogP contribution in [0.5, 0.6) is 23.0 Å². The maximum absolute atomic E-state index is 12.6.